The lowest BCUT2D eigenvalue weighted by atomic mass is 10.2. The molecule has 0 saturated heterocycles. The van der Waals surface area contributed by atoms with E-state index in [1.165, 1.54) is 11.8 Å². The number of nitrogens with zero attached hydrogens (tertiary/aromatic N) is 1. The van der Waals surface area contributed by atoms with Crippen molar-refractivity contribution < 1.29 is 9.18 Å². The molecule has 0 spiro atoms. The van der Waals surface area contributed by atoms with Gasteiger partial charge in [0.15, 0.2) is 0 Å². The second kappa shape index (κ2) is 6.27. The van der Waals surface area contributed by atoms with Crippen LogP contribution >= 0.6 is 23.4 Å². The lowest BCUT2D eigenvalue weighted by molar-refractivity contribution is -0.113. The molecule has 1 N–H and O–H groups in total. The number of nitriles is 1. The minimum Gasteiger partial charge on any atom is -0.323 e. The van der Waals surface area contributed by atoms with Crippen LogP contribution in [0.3, 0.4) is 0 Å². The van der Waals surface area contributed by atoms with Crippen LogP contribution in [0.5, 0.6) is 0 Å². The van der Waals surface area contributed by atoms with Gasteiger partial charge in [0.2, 0.25) is 5.91 Å². The molecule has 1 aromatic rings. The van der Waals surface area contributed by atoms with Gasteiger partial charge in [-0.1, -0.05) is 32.4 Å². The number of thioether (sulfide) groups is 1. The molecule has 0 aliphatic rings. The number of hydrogen-bond donors (Lipinski definition) is 1. The number of hydrogen-bond acceptors (Lipinski definition) is 3. The third-order valence-corrected chi connectivity index (χ3v) is 3.65. The molecule has 102 valence electrons. The van der Waals surface area contributed by atoms with Gasteiger partial charge in [0.25, 0.3) is 0 Å². The summed E-state index contributed by atoms with van der Waals surface area (Å²) in [6, 6.07) is 3.91. The van der Waals surface area contributed by atoms with Gasteiger partial charge in [-0.05, 0) is 12.1 Å². The summed E-state index contributed by atoms with van der Waals surface area (Å²) in [5.74, 6) is -0.643. The number of amides is 1. The van der Waals surface area contributed by atoms with E-state index in [0.717, 1.165) is 12.1 Å². The lowest BCUT2D eigenvalue weighted by Gasteiger charge is -2.17. The van der Waals surface area contributed by atoms with Gasteiger partial charge in [-0.15, -0.1) is 11.8 Å². The van der Waals surface area contributed by atoms with Crippen molar-refractivity contribution >= 4 is 35.0 Å². The Bertz CT molecular complexity index is 535. The fourth-order valence-electron chi connectivity index (χ4n) is 1.25. The monoisotopic (exact) mass is 300 g/mol. The smallest absolute Gasteiger partial charge is 0.234 e. The SMILES string of the molecule is CC(C)(C)SCC(=O)Nc1c(Cl)cc(F)cc1C#N. The van der Waals surface area contributed by atoms with Gasteiger partial charge in [0.05, 0.1) is 22.0 Å². The quantitative estimate of drug-likeness (QED) is 0.923. The third-order valence-electron chi connectivity index (χ3n) is 2.08. The number of halogens is 2. The largest absolute Gasteiger partial charge is 0.323 e. The molecule has 1 aromatic carbocycles. The Kier molecular flexibility index (Phi) is 5.21. The van der Waals surface area contributed by atoms with Crippen LogP contribution < -0.4 is 5.32 Å². The zero-order valence-corrected chi connectivity index (χ0v) is 12.5. The minimum atomic E-state index is -0.608. The summed E-state index contributed by atoms with van der Waals surface area (Å²) in [6.07, 6.45) is 0. The molecular formula is C13H14ClFN2OS. The number of benzene rings is 1. The molecule has 19 heavy (non-hydrogen) atoms. The van der Waals surface area contributed by atoms with E-state index in [1.54, 1.807) is 0 Å². The maximum atomic E-state index is 13.1. The van der Waals surface area contributed by atoms with E-state index < -0.39 is 5.82 Å². The maximum absolute atomic E-state index is 13.1. The average molecular weight is 301 g/mol. The summed E-state index contributed by atoms with van der Waals surface area (Å²) in [5.41, 5.74) is 0.171. The second-order valence-electron chi connectivity index (χ2n) is 4.87. The molecule has 0 bridgehead atoms. The molecule has 6 heteroatoms. The Morgan fingerprint density at radius 1 is 1.53 bits per heavy atom. The topological polar surface area (TPSA) is 52.9 Å². The molecule has 3 nitrogen and oxygen atoms in total. The molecule has 0 saturated carbocycles. The Balaban J connectivity index is 2.83. The lowest BCUT2D eigenvalue weighted by Crippen LogP contribution is -2.19. The average Bonchev–Trinajstić information content (AvgIpc) is 2.28. The first-order valence-electron chi connectivity index (χ1n) is 5.56. The number of carbonyl (C=O) groups is 1. The van der Waals surface area contributed by atoms with Crippen molar-refractivity contribution in [2.45, 2.75) is 25.5 Å². The van der Waals surface area contributed by atoms with Crippen molar-refractivity contribution in [1.29, 1.82) is 5.26 Å². The zero-order chi connectivity index (χ0) is 14.6. The van der Waals surface area contributed by atoms with Crippen molar-refractivity contribution in [3.8, 4) is 6.07 Å². The fourth-order valence-corrected chi connectivity index (χ4v) is 2.14. The van der Waals surface area contributed by atoms with Crippen LogP contribution in [0.15, 0.2) is 12.1 Å². The molecule has 0 aliphatic carbocycles. The molecule has 1 amide bonds. The fraction of sp³-hybridized carbons (Fsp3) is 0.385. The molecule has 0 aliphatic heterocycles. The van der Waals surface area contributed by atoms with Gasteiger partial charge in [0, 0.05) is 4.75 Å². The molecule has 0 fully saturated rings. The maximum Gasteiger partial charge on any atom is 0.234 e. The summed E-state index contributed by atoms with van der Waals surface area (Å²) >= 11 is 7.31. The zero-order valence-electron chi connectivity index (χ0n) is 10.9. The highest BCUT2D eigenvalue weighted by molar-refractivity contribution is 8.01. The highest BCUT2D eigenvalue weighted by atomic mass is 35.5. The van der Waals surface area contributed by atoms with E-state index in [2.05, 4.69) is 5.32 Å². The van der Waals surface area contributed by atoms with E-state index in [0.29, 0.717) is 0 Å². The Labute approximate surface area is 121 Å². The Morgan fingerprint density at radius 2 is 2.16 bits per heavy atom. The van der Waals surface area contributed by atoms with Crippen molar-refractivity contribution in [1.82, 2.24) is 0 Å². The molecular weight excluding hydrogens is 287 g/mol. The van der Waals surface area contributed by atoms with Gasteiger partial charge < -0.3 is 5.32 Å². The number of carbonyl (C=O) groups excluding carboxylic acids is 1. The molecule has 0 atom stereocenters. The normalized spacial score (nSPS) is 10.9. The van der Waals surface area contributed by atoms with E-state index in [9.17, 15) is 9.18 Å². The Hall–Kier alpha value is -1.25. The molecule has 0 unspecified atom stereocenters. The van der Waals surface area contributed by atoms with Crippen molar-refractivity contribution in [2.75, 3.05) is 11.1 Å². The summed E-state index contributed by atoms with van der Waals surface area (Å²) in [7, 11) is 0. The molecule has 0 heterocycles. The summed E-state index contributed by atoms with van der Waals surface area (Å²) in [5, 5.41) is 11.5. The summed E-state index contributed by atoms with van der Waals surface area (Å²) in [4.78, 5) is 11.8. The Morgan fingerprint density at radius 3 is 2.68 bits per heavy atom. The van der Waals surface area contributed by atoms with Crippen LogP contribution in [0.1, 0.15) is 26.3 Å². The highest BCUT2D eigenvalue weighted by Crippen LogP contribution is 2.28. The predicted molar refractivity (Wildman–Crippen MR) is 77.0 cm³/mol. The van der Waals surface area contributed by atoms with Crippen molar-refractivity contribution in [3.05, 3.63) is 28.5 Å². The molecule has 1 rings (SSSR count). The summed E-state index contributed by atoms with van der Waals surface area (Å²) < 4.78 is 13.0. The highest BCUT2D eigenvalue weighted by Gasteiger charge is 2.16. The van der Waals surface area contributed by atoms with Gasteiger partial charge in [-0.3, -0.25) is 4.79 Å². The van der Waals surface area contributed by atoms with Gasteiger partial charge >= 0.3 is 0 Å². The van der Waals surface area contributed by atoms with Crippen molar-refractivity contribution in [2.24, 2.45) is 0 Å². The molecule has 0 aromatic heterocycles. The van der Waals surface area contributed by atoms with Crippen molar-refractivity contribution in [3.63, 3.8) is 0 Å². The minimum absolute atomic E-state index is 0.0131. The first kappa shape index (κ1) is 15.8. The number of nitrogens with one attached hydrogen (secondary N) is 1. The second-order valence-corrected chi connectivity index (χ2v) is 7.08. The van der Waals surface area contributed by atoms with Crippen LogP contribution in [0.4, 0.5) is 10.1 Å². The van der Waals surface area contributed by atoms with Gasteiger partial charge in [0.1, 0.15) is 11.9 Å². The first-order chi connectivity index (χ1) is 8.73. The van der Waals surface area contributed by atoms with E-state index in [-0.39, 0.29) is 32.7 Å². The number of rotatable bonds is 3. The predicted octanol–water partition coefficient (Wildman–Crippen LogP) is 3.82. The number of anilines is 1. The van der Waals surface area contributed by atoms with Crippen LogP contribution in [0, 0.1) is 17.1 Å². The van der Waals surface area contributed by atoms with Crippen LogP contribution in [0.25, 0.3) is 0 Å². The van der Waals surface area contributed by atoms with Crippen LogP contribution in [-0.4, -0.2) is 16.4 Å². The third kappa shape index (κ3) is 5.09. The van der Waals surface area contributed by atoms with Gasteiger partial charge in [-0.2, -0.15) is 5.26 Å². The van der Waals surface area contributed by atoms with Crippen LogP contribution in [0.2, 0.25) is 5.02 Å². The van der Waals surface area contributed by atoms with Gasteiger partial charge in [-0.25, -0.2) is 4.39 Å². The van der Waals surface area contributed by atoms with E-state index in [4.69, 9.17) is 16.9 Å². The van der Waals surface area contributed by atoms with E-state index in [1.807, 2.05) is 26.8 Å². The van der Waals surface area contributed by atoms with Crippen LogP contribution in [-0.2, 0) is 4.79 Å². The summed E-state index contributed by atoms with van der Waals surface area (Å²) in [6.45, 7) is 5.99. The van der Waals surface area contributed by atoms with E-state index >= 15 is 0 Å². The molecule has 0 radical (unpaired) electrons. The first-order valence-corrected chi connectivity index (χ1v) is 6.92. The standard InChI is InChI=1S/C13H14ClFN2OS/c1-13(2,3)19-7-11(18)17-12-8(6-16)4-9(15)5-10(12)14/h4-5H,7H2,1-3H3,(H,17,18).